The molecule has 0 radical (unpaired) electrons. The third-order valence-electron chi connectivity index (χ3n) is 5.37. The fraction of sp³-hybridized carbons (Fsp3) is 0.933. The summed E-state index contributed by atoms with van der Waals surface area (Å²) < 4.78 is 0. The van der Waals surface area contributed by atoms with Gasteiger partial charge in [-0.2, -0.15) is 0 Å². The summed E-state index contributed by atoms with van der Waals surface area (Å²) in [6.07, 6.45) is 9.03. The predicted molar refractivity (Wildman–Crippen MR) is 75.7 cm³/mol. The number of carbonyl (C=O) groups is 1. The average molecular weight is 265 g/mol. The van der Waals surface area contributed by atoms with Crippen molar-refractivity contribution in [2.24, 2.45) is 11.7 Å². The van der Waals surface area contributed by atoms with Crippen LogP contribution in [0.3, 0.4) is 0 Å². The minimum absolute atomic E-state index is 0.237. The first-order chi connectivity index (χ1) is 9.24. The van der Waals surface area contributed by atoms with Crippen LogP contribution < -0.4 is 11.1 Å². The van der Waals surface area contributed by atoms with Crippen LogP contribution in [0, 0.1) is 5.92 Å². The molecule has 0 spiro atoms. The van der Waals surface area contributed by atoms with Crippen molar-refractivity contribution in [1.82, 2.24) is 10.2 Å². The van der Waals surface area contributed by atoms with Gasteiger partial charge in [-0.15, -0.1) is 0 Å². The zero-order valence-corrected chi connectivity index (χ0v) is 11.8. The fourth-order valence-electron chi connectivity index (χ4n) is 4.24. The molecule has 4 atom stereocenters. The van der Waals surface area contributed by atoms with Crippen molar-refractivity contribution in [3.05, 3.63) is 0 Å². The lowest BCUT2D eigenvalue weighted by Crippen LogP contribution is -2.44. The van der Waals surface area contributed by atoms with Crippen molar-refractivity contribution in [1.29, 1.82) is 0 Å². The Labute approximate surface area is 116 Å². The van der Waals surface area contributed by atoms with Gasteiger partial charge in [0.1, 0.15) is 0 Å². The van der Waals surface area contributed by atoms with Crippen LogP contribution in [0.4, 0.5) is 0 Å². The van der Waals surface area contributed by atoms with Gasteiger partial charge in [-0.25, -0.2) is 0 Å². The number of carbonyl (C=O) groups excluding carboxylic acids is 1. The molecule has 1 aliphatic carbocycles. The minimum atomic E-state index is 0.237. The molecule has 0 aromatic heterocycles. The summed E-state index contributed by atoms with van der Waals surface area (Å²) in [6.45, 7) is 2.39. The van der Waals surface area contributed by atoms with Gasteiger partial charge in [0, 0.05) is 31.1 Å². The molecular weight excluding hydrogens is 238 g/mol. The molecule has 1 amide bonds. The van der Waals surface area contributed by atoms with Crippen molar-refractivity contribution < 1.29 is 4.79 Å². The van der Waals surface area contributed by atoms with Gasteiger partial charge >= 0.3 is 0 Å². The van der Waals surface area contributed by atoms with Crippen LogP contribution in [0.2, 0.25) is 0 Å². The Morgan fingerprint density at radius 3 is 2.79 bits per heavy atom. The maximum atomic E-state index is 12.2. The number of fused-ring (bicyclic) bond motifs is 1. The van der Waals surface area contributed by atoms with Crippen LogP contribution in [0.25, 0.3) is 0 Å². The highest BCUT2D eigenvalue weighted by Crippen LogP contribution is 2.29. The van der Waals surface area contributed by atoms with E-state index in [1.807, 2.05) is 0 Å². The lowest BCUT2D eigenvalue weighted by atomic mass is 9.83. The summed E-state index contributed by atoms with van der Waals surface area (Å²) in [6, 6.07) is 1.25. The van der Waals surface area contributed by atoms with E-state index in [-0.39, 0.29) is 11.9 Å². The number of nitrogens with zero attached hydrogens (tertiary/aromatic N) is 1. The SMILES string of the molecule is NC1CCCCC1CC(=O)NC1CCN2CCCC12. The van der Waals surface area contributed by atoms with Crippen molar-refractivity contribution in [2.75, 3.05) is 13.1 Å². The predicted octanol–water partition coefficient (Wildman–Crippen LogP) is 1.25. The molecule has 4 heteroatoms. The largest absolute Gasteiger partial charge is 0.352 e. The summed E-state index contributed by atoms with van der Waals surface area (Å²) in [5.74, 6) is 0.649. The molecule has 3 rings (SSSR count). The Bertz CT molecular complexity index is 333. The molecule has 3 fully saturated rings. The van der Waals surface area contributed by atoms with Crippen LogP contribution in [0.1, 0.15) is 51.4 Å². The van der Waals surface area contributed by atoms with Gasteiger partial charge in [-0.05, 0) is 44.6 Å². The zero-order chi connectivity index (χ0) is 13.2. The fourth-order valence-corrected chi connectivity index (χ4v) is 4.24. The molecule has 3 aliphatic rings. The van der Waals surface area contributed by atoms with Crippen molar-refractivity contribution in [3.8, 4) is 0 Å². The summed E-state index contributed by atoms with van der Waals surface area (Å²) in [7, 11) is 0. The van der Waals surface area contributed by atoms with Crippen LogP contribution in [0.15, 0.2) is 0 Å². The summed E-state index contributed by atoms with van der Waals surface area (Å²) in [4.78, 5) is 14.8. The van der Waals surface area contributed by atoms with E-state index >= 15 is 0 Å². The van der Waals surface area contributed by atoms with E-state index in [9.17, 15) is 4.79 Å². The van der Waals surface area contributed by atoms with E-state index in [0.29, 0.717) is 24.4 Å². The first-order valence-electron chi connectivity index (χ1n) is 8.03. The molecule has 4 unspecified atom stereocenters. The van der Waals surface area contributed by atoms with Crippen LogP contribution >= 0.6 is 0 Å². The number of nitrogens with one attached hydrogen (secondary N) is 1. The zero-order valence-electron chi connectivity index (χ0n) is 11.8. The van der Waals surface area contributed by atoms with E-state index in [0.717, 1.165) is 19.3 Å². The quantitative estimate of drug-likeness (QED) is 0.807. The Kier molecular flexibility index (Phi) is 4.08. The molecule has 3 N–H and O–H groups in total. The number of hydrogen-bond donors (Lipinski definition) is 2. The summed E-state index contributed by atoms with van der Waals surface area (Å²) >= 11 is 0. The Hall–Kier alpha value is -0.610. The molecule has 2 saturated heterocycles. The van der Waals surface area contributed by atoms with Gasteiger partial charge in [-0.3, -0.25) is 9.69 Å². The molecule has 2 aliphatic heterocycles. The number of rotatable bonds is 3. The molecule has 19 heavy (non-hydrogen) atoms. The van der Waals surface area contributed by atoms with Crippen molar-refractivity contribution in [3.63, 3.8) is 0 Å². The smallest absolute Gasteiger partial charge is 0.220 e. The van der Waals surface area contributed by atoms with Gasteiger partial charge in [-0.1, -0.05) is 12.8 Å². The minimum Gasteiger partial charge on any atom is -0.352 e. The Morgan fingerprint density at radius 1 is 1.11 bits per heavy atom. The normalized spacial score (nSPS) is 39.2. The van der Waals surface area contributed by atoms with Gasteiger partial charge in [0.05, 0.1) is 0 Å². The number of hydrogen-bond acceptors (Lipinski definition) is 3. The van der Waals surface area contributed by atoms with Gasteiger partial charge in [0.25, 0.3) is 0 Å². The lowest BCUT2D eigenvalue weighted by molar-refractivity contribution is -0.123. The highest BCUT2D eigenvalue weighted by molar-refractivity contribution is 5.76. The van der Waals surface area contributed by atoms with Gasteiger partial charge in [0.2, 0.25) is 5.91 Å². The number of amides is 1. The van der Waals surface area contributed by atoms with E-state index < -0.39 is 0 Å². The molecule has 2 heterocycles. The maximum Gasteiger partial charge on any atom is 0.220 e. The summed E-state index contributed by atoms with van der Waals surface area (Å²) in [5, 5.41) is 3.28. The Morgan fingerprint density at radius 2 is 1.95 bits per heavy atom. The second-order valence-corrected chi connectivity index (χ2v) is 6.62. The first-order valence-corrected chi connectivity index (χ1v) is 8.03. The number of nitrogens with two attached hydrogens (primary N) is 1. The standard InChI is InChI=1S/C15H27N3O/c16-12-5-2-1-4-11(12)10-15(19)17-13-7-9-18-8-3-6-14(13)18/h11-14H,1-10,16H2,(H,17,19). The molecule has 0 bridgehead atoms. The van der Waals surface area contributed by atoms with Gasteiger partial charge < -0.3 is 11.1 Å². The van der Waals surface area contributed by atoms with E-state index in [2.05, 4.69) is 10.2 Å². The molecule has 108 valence electrons. The molecule has 1 saturated carbocycles. The van der Waals surface area contributed by atoms with Crippen molar-refractivity contribution in [2.45, 2.75) is 69.5 Å². The third-order valence-corrected chi connectivity index (χ3v) is 5.37. The third kappa shape index (κ3) is 2.95. The average Bonchev–Trinajstić information content (AvgIpc) is 2.97. The van der Waals surface area contributed by atoms with Crippen LogP contribution in [0.5, 0.6) is 0 Å². The molecule has 0 aromatic carbocycles. The highest BCUT2D eigenvalue weighted by atomic mass is 16.1. The maximum absolute atomic E-state index is 12.2. The topological polar surface area (TPSA) is 58.4 Å². The monoisotopic (exact) mass is 265 g/mol. The van der Waals surface area contributed by atoms with Crippen LogP contribution in [-0.4, -0.2) is 42.0 Å². The van der Waals surface area contributed by atoms with Crippen LogP contribution in [-0.2, 0) is 4.79 Å². The van der Waals surface area contributed by atoms with E-state index in [1.54, 1.807) is 0 Å². The second kappa shape index (κ2) is 5.80. The van der Waals surface area contributed by atoms with Gasteiger partial charge in [0.15, 0.2) is 0 Å². The summed E-state index contributed by atoms with van der Waals surface area (Å²) in [5.41, 5.74) is 6.13. The van der Waals surface area contributed by atoms with E-state index in [4.69, 9.17) is 5.73 Å². The first kappa shape index (κ1) is 13.4. The van der Waals surface area contributed by atoms with E-state index in [1.165, 1.54) is 38.8 Å². The second-order valence-electron chi connectivity index (χ2n) is 6.62. The van der Waals surface area contributed by atoms with Crippen molar-refractivity contribution >= 4 is 5.91 Å². The molecule has 4 nitrogen and oxygen atoms in total. The Balaban J connectivity index is 1.48. The molecule has 0 aromatic rings. The molecular formula is C15H27N3O. The highest BCUT2D eigenvalue weighted by Gasteiger charge is 2.38. The lowest BCUT2D eigenvalue weighted by Gasteiger charge is -2.29.